The van der Waals surface area contributed by atoms with Crippen LogP contribution in [0.25, 0.3) is 53.8 Å². The van der Waals surface area contributed by atoms with Crippen LogP contribution in [-0.4, -0.2) is 23.2 Å². The van der Waals surface area contributed by atoms with Gasteiger partial charge in [0.15, 0.2) is 0 Å². The molecule has 0 aliphatic carbocycles. The zero-order valence-corrected chi connectivity index (χ0v) is 34.3. The maximum Gasteiger partial charge on any atom is 0 e. The van der Waals surface area contributed by atoms with Crippen LogP contribution in [0.15, 0.2) is 146 Å². The number of pyridine rings is 2. The fourth-order valence-corrected chi connectivity index (χ4v) is 9.51. The standard InChI is InChI=1S/C31H21FNS.C14H16GeN.Ir/c1-20(21-6-3-2-4-7-21)23-16-17-33-29(18-23)28-9-5-8-27-26-15-12-24(19-30(26)34-31(27)28)22-10-13-25(32)14-11-22;1-15(2,3)13-9-10-14(16-11-13)12-7-5-4-6-8-12;/h2-8,10-20H,1H3;4-7,9-11H,1-3H3;/q2*-1;. The van der Waals surface area contributed by atoms with E-state index in [2.05, 4.69) is 114 Å². The summed E-state index contributed by atoms with van der Waals surface area (Å²) in [4.78, 5) is 9.25. The summed E-state index contributed by atoms with van der Waals surface area (Å²) in [5.74, 6) is 7.20. The van der Waals surface area contributed by atoms with Crippen molar-refractivity contribution < 1.29 is 24.5 Å². The Morgan fingerprint density at radius 3 is 2.14 bits per heavy atom. The van der Waals surface area contributed by atoms with Crippen LogP contribution in [-0.2, 0) is 20.1 Å². The number of fused-ring (bicyclic) bond motifs is 3. The summed E-state index contributed by atoms with van der Waals surface area (Å²) in [5, 5.41) is 2.43. The molecule has 5 aromatic carbocycles. The maximum absolute atomic E-state index is 13.4. The Labute approximate surface area is 320 Å². The van der Waals surface area contributed by atoms with Gasteiger partial charge in [0.25, 0.3) is 0 Å². The summed E-state index contributed by atoms with van der Waals surface area (Å²) < 4.78 is 17.2. The molecule has 0 saturated carbocycles. The van der Waals surface area contributed by atoms with Crippen molar-refractivity contribution in [1.82, 2.24) is 9.97 Å². The second kappa shape index (κ2) is 16.0. The van der Waals surface area contributed by atoms with Gasteiger partial charge < -0.3 is 4.98 Å². The summed E-state index contributed by atoms with van der Waals surface area (Å²) in [6.45, 7) is 2.23. The molecule has 0 aliphatic heterocycles. The topological polar surface area (TPSA) is 25.8 Å². The van der Waals surface area contributed by atoms with E-state index in [9.17, 15) is 4.39 Å². The molecular weight excluding hydrogens is 884 g/mol. The molecular formula is C45H37FGeIrN2S-2. The van der Waals surface area contributed by atoms with Crippen molar-refractivity contribution in [3.8, 4) is 33.6 Å². The van der Waals surface area contributed by atoms with E-state index in [1.807, 2.05) is 60.9 Å². The summed E-state index contributed by atoms with van der Waals surface area (Å²) in [5.41, 5.74) is 8.67. The number of halogens is 1. The van der Waals surface area contributed by atoms with Crippen LogP contribution in [0.2, 0.25) is 17.3 Å². The van der Waals surface area contributed by atoms with Crippen molar-refractivity contribution in [2.24, 2.45) is 0 Å². The van der Waals surface area contributed by atoms with Gasteiger partial charge in [-0.25, -0.2) is 4.39 Å². The first kappa shape index (κ1) is 36.5. The number of benzene rings is 5. The molecule has 3 heterocycles. The van der Waals surface area contributed by atoms with Gasteiger partial charge >= 0.3 is 99.8 Å². The third-order valence-electron chi connectivity index (χ3n) is 9.06. The van der Waals surface area contributed by atoms with Crippen molar-refractivity contribution in [2.45, 2.75) is 30.1 Å². The van der Waals surface area contributed by atoms with Gasteiger partial charge in [0.2, 0.25) is 0 Å². The summed E-state index contributed by atoms with van der Waals surface area (Å²) in [7, 11) is 0. The van der Waals surface area contributed by atoms with E-state index in [0.717, 1.165) is 33.6 Å². The number of hydrogen-bond acceptors (Lipinski definition) is 3. The molecule has 3 aromatic heterocycles. The first-order valence-corrected chi connectivity index (χ1v) is 25.0. The van der Waals surface area contributed by atoms with Crippen LogP contribution in [0.1, 0.15) is 24.0 Å². The molecule has 0 fully saturated rings. The molecule has 8 rings (SSSR count). The van der Waals surface area contributed by atoms with E-state index >= 15 is 0 Å². The Bertz CT molecular complexity index is 2370. The minimum Gasteiger partial charge on any atom is 0 e. The second-order valence-electron chi connectivity index (χ2n) is 13.5. The van der Waals surface area contributed by atoms with Gasteiger partial charge in [-0.1, -0.05) is 73.0 Å². The molecule has 51 heavy (non-hydrogen) atoms. The number of hydrogen-bond donors (Lipinski definition) is 0. The van der Waals surface area contributed by atoms with E-state index in [0.29, 0.717) is 0 Å². The molecule has 6 heteroatoms. The fourth-order valence-electron chi connectivity index (χ4n) is 6.09. The van der Waals surface area contributed by atoms with Crippen molar-refractivity contribution in [2.75, 3.05) is 0 Å². The van der Waals surface area contributed by atoms with Crippen LogP contribution in [0, 0.1) is 17.9 Å². The van der Waals surface area contributed by atoms with Gasteiger partial charge in [-0.05, 0) is 62.3 Å². The molecule has 255 valence electrons. The summed E-state index contributed by atoms with van der Waals surface area (Å²) in [6.07, 6.45) is 3.94. The second-order valence-corrected chi connectivity index (χ2v) is 25.2. The predicted molar refractivity (Wildman–Crippen MR) is 212 cm³/mol. The molecule has 0 saturated heterocycles. The minimum absolute atomic E-state index is 0. The van der Waals surface area contributed by atoms with Crippen LogP contribution in [0.4, 0.5) is 4.39 Å². The van der Waals surface area contributed by atoms with Crippen molar-refractivity contribution >= 4 is 49.2 Å². The molecule has 0 spiro atoms. The fraction of sp³-hybridized carbons (Fsp3) is 0.111. The third kappa shape index (κ3) is 8.29. The Morgan fingerprint density at radius 2 is 1.43 bits per heavy atom. The van der Waals surface area contributed by atoms with Gasteiger partial charge in [0.1, 0.15) is 5.82 Å². The Morgan fingerprint density at radius 1 is 0.667 bits per heavy atom. The Kier molecular flexibility index (Phi) is 11.4. The molecule has 1 radical (unpaired) electrons. The molecule has 0 aliphatic rings. The van der Waals surface area contributed by atoms with Crippen LogP contribution >= 0.6 is 11.3 Å². The molecule has 1 unspecified atom stereocenters. The minimum atomic E-state index is -1.72. The number of nitrogens with zero attached hydrogens (tertiary/aromatic N) is 2. The summed E-state index contributed by atoms with van der Waals surface area (Å²) >= 11 is 0.0445. The van der Waals surface area contributed by atoms with Crippen molar-refractivity contribution in [3.63, 3.8) is 0 Å². The average Bonchev–Trinajstić information content (AvgIpc) is 3.54. The Hall–Kier alpha value is -4.26. The SMILES string of the molecule is CC(c1ccccc1)c1ccnc(-c2[c-]ccc3c2sc2cc(-c4ccc(F)cc4)ccc23)c1.[CH3][Ge]([CH3])([CH3])[c]1ccc(-c2[c-]cccc2)nc1.[Ir]. The number of thiophene rings is 1. The zero-order chi connectivity index (χ0) is 34.7. The van der Waals surface area contributed by atoms with Crippen molar-refractivity contribution in [3.05, 3.63) is 175 Å². The van der Waals surface area contributed by atoms with Gasteiger partial charge in [0.05, 0.1) is 0 Å². The molecule has 0 bridgehead atoms. The normalized spacial score (nSPS) is 11.8. The van der Waals surface area contributed by atoms with Crippen molar-refractivity contribution in [1.29, 1.82) is 0 Å². The quantitative estimate of drug-likeness (QED) is 0.123. The van der Waals surface area contributed by atoms with E-state index < -0.39 is 13.3 Å². The van der Waals surface area contributed by atoms with Crippen LogP contribution in [0.5, 0.6) is 0 Å². The smallest absolute Gasteiger partial charge is 0 e. The monoisotopic (exact) mass is 923 g/mol. The number of rotatable bonds is 6. The number of aromatic nitrogens is 2. The summed E-state index contributed by atoms with van der Waals surface area (Å²) in [6, 6.07) is 51.0. The van der Waals surface area contributed by atoms with E-state index in [4.69, 9.17) is 4.98 Å². The van der Waals surface area contributed by atoms with Gasteiger partial charge in [-0.15, -0.1) is 23.8 Å². The molecule has 1 atom stereocenters. The average molecular weight is 922 g/mol. The van der Waals surface area contributed by atoms with Gasteiger partial charge in [-0.3, -0.25) is 0 Å². The largest absolute Gasteiger partial charge is 0 e. The van der Waals surface area contributed by atoms with E-state index in [1.165, 1.54) is 47.8 Å². The first-order valence-electron chi connectivity index (χ1n) is 16.8. The third-order valence-corrected chi connectivity index (χ3v) is 14.5. The molecule has 0 amide bonds. The maximum atomic E-state index is 13.4. The van der Waals surface area contributed by atoms with E-state index in [1.54, 1.807) is 11.3 Å². The zero-order valence-electron chi connectivity index (χ0n) is 28.9. The van der Waals surface area contributed by atoms with Gasteiger partial charge in [-0.2, -0.15) is 11.3 Å². The van der Waals surface area contributed by atoms with Gasteiger partial charge in [0, 0.05) is 36.9 Å². The van der Waals surface area contributed by atoms with Crippen LogP contribution < -0.4 is 4.40 Å². The molecule has 8 aromatic rings. The first-order chi connectivity index (χ1) is 24.2. The van der Waals surface area contributed by atoms with E-state index in [-0.39, 0.29) is 31.8 Å². The predicted octanol–water partition coefficient (Wildman–Crippen LogP) is 12.0. The molecule has 2 nitrogen and oxygen atoms in total. The van der Waals surface area contributed by atoms with Crippen LogP contribution in [0.3, 0.4) is 0 Å². The Balaban J connectivity index is 0.000000222. The molecule has 0 N–H and O–H groups in total.